The van der Waals surface area contributed by atoms with Crippen molar-refractivity contribution in [3.63, 3.8) is 0 Å². The monoisotopic (exact) mass is 307 g/mol. The zero-order chi connectivity index (χ0) is 15.4. The summed E-state index contributed by atoms with van der Waals surface area (Å²) in [5.41, 5.74) is 6.50. The third-order valence-electron chi connectivity index (χ3n) is 2.68. The Bertz CT molecular complexity index is 703. The molecule has 2 aromatic carbocycles. The third kappa shape index (κ3) is 3.29. The molecule has 2 aromatic rings. The first-order valence-corrected chi connectivity index (χ1v) is 6.26. The van der Waals surface area contributed by atoms with Crippen LogP contribution in [0.2, 0.25) is 5.02 Å². The van der Waals surface area contributed by atoms with Crippen molar-refractivity contribution in [2.45, 2.75) is 0 Å². The fourth-order valence-electron chi connectivity index (χ4n) is 1.64. The smallest absolute Gasteiger partial charge is 0.343 e. The van der Waals surface area contributed by atoms with Crippen LogP contribution in [0.25, 0.3) is 0 Å². The minimum Gasteiger partial charge on any atom is -0.456 e. The van der Waals surface area contributed by atoms with E-state index in [1.807, 2.05) is 0 Å². The van der Waals surface area contributed by atoms with E-state index in [-0.39, 0.29) is 21.3 Å². The Balaban J connectivity index is 2.32. The summed E-state index contributed by atoms with van der Waals surface area (Å²) in [6.07, 6.45) is 0.685. The molecule has 7 heteroatoms. The highest BCUT2D eigenvalue weighted by Gasteiger charge is 2.20. The SMILES string of the molecule is CO[N+](=O)c1cc(Oc2ccc(C=O)cc2Cl)ccc1N. The third-order valence-corrected chi connectivity index (χ3v) is 2.98. The minimum absolute atomic E-state index is 0.121. The van der Waals surface area contributed by atoms with Gasteiger partial charge in [0.15, 0.2) is 7.11 Å². The number of hydrogen-bond donors (Lipinski definition) is 1. The van der Waals surface area contributed by atoms with Gasteiger partial charge in [-0.1, -0.05) is 11.6 Å². The van der Waals surface area contributed by atoms with Crippen LogP contribution in [0.1, 0.15) is 10.4 Å². The minimum atomic E-state index is 0.121. The average molecular weight is 308 g/mol. The Hall–Kier alpha value is -2.60. The van der Waals surface area contributed by atoms with E-state index in [0.717, 1.165) is 0 Å². The van der Waals surface area contributed by atoms with Crippen molar-refractivity contribution < 1.29 is 19.3 Å². The molecule has 0 aromatic heterocycles. The van der Waals surface area contributed by atoms with Crippen LogP contribution in [0.4, 0.5) is 11.4 Å². The van der Waals surface area contributed by atoms with Crippen LogP contribution in [-0.4, -0.2) is 18.3 Å². The predicted octanol–water partition coefficient (Wildman–Crippen LogP) is 3.50. The Morgan fingerprint density at radius 3 is 2.62 bits per heavy atom. The van der Waals surface area contributed by atoms with Gasteiger partial charge in [-0.25, -0.2) is 4.84 Å². The molecule has 21 heavy (non-hydrogen) atoms. The maximum Gasteiger partial charge on any atom is 0.343 e. The molecule has 0 radical (unpaired) electrons. The van der Waals surface area contributed by atoms with Gasteiger partial charge in [0.25, 0.3) is 4.92 Å². The maximum absolute atomic E-state index is 11.5. The van der Waals surface area contributed by atoms with E-state index in [4.69, 9.17) is 22.1 Å². The molecule has 2 N–H and O–H groups in total. The first-order chi connectivity index (χ1) is 10.0. The number of hydrogen-bond acceptors (Lipinski definition) is 5. The first-order valence-electron chi connectivity index (χ1n) is 5.88. The van der Waals surface area contributed by atoms with Crippen molar-refractivity contribution in [2.24, 2.45) is 0 Å². The lowest BCUT2D eigenvalue weighted by Gasteiger charge is -2.08. The number of rotatable bonds is 5. The van der Waals surface area contributed by atoms with Gasteiger partial charge >= 0.3 is 5.69 Å². The van der Waals surface area contributed by atoms with E-state index in [1.165, 1.54) is 25.3 Å². The quantitative estimate of drug-likeness (QED) is 0.519. The summed E-state index contributed by atoms with van der Waals surface area (Å²) in [5.74, 6) is 0.714. The lowest BCUT2D eigenvalue weighted by atomic mass is 10.2. The highest BCUT2D eigenvalue weighted by molar-refractivity contribution is 6.32. The van der Waals surface area contributed by atoms with Crippen LogP contribution in [-0.2, 0) is 4.84 Å². The van der Waals surface area contributed by atoms with Crippen LogP contribution >= 0.6 is 11.6 Å². The summed E-state index contributed by atoms with van der Waals surface area (Å²) < 4.78 is 5.57. The van der Waals surface area contributed by atoms with E-state index >= 15 is 0 Å². The number of halogens is 1. The van der Waals surface area contributed by atoms with Crippen molar-refractivity contribution >= 4 is 29.3 Å². The lowest BCUT2D eigenvalue weighted by Crippen LogP contribution is -2.02. The van der Waals surface area contributed by atoms with Crippen LogP contribution in [0, 0.1) is 4.91 Å². The molecule has 0 aliphatic heterocycles. The largest absolute Gasteiger partial charge is 0.456 e. The van der Waals surface area contributed by atoms with Gasteiger partial charge in [0.1, 0.15) is 23.5 Å². The molecule has 0 spiro atoms. The van der Waals surface area contributed by atoms with E-state index in [2.05, 4.69) is 4.84 Å². The van der Waals surface area contributed by atoms with Gasteiger partial charge in [-0.2, -0.15) is 0 Å². The maximum atomic E-state index is 11.5. The lowest BCUT2D eigenvalue weighted by molar-refractivity contribution is -0.736. The van der Waals surface area contributed by atoms with Gasteiger partial charge in [0.05, 0.1) is 16.0 Å². The highest BCUT2D eigenvalue weighted by Crippen LogP contribution is 2.33. The van der Waals surface area contributed by atoms with Gasteiger partial charge in [0.2, 0.25) is 0 Å². The zero-order valence-corrected chi connectivity index (χ0v) is 11.8. The number of carbonyl (C=O) groups excluding carboxylic acids is 1. The van der Waals surface area contributed by atoms with Crippen LogP contribution in [0.15, 0.2) is 36.4 Å². The normalized spacial score (nSPS) is 10.0. The van der Waals surface area contributed by atoms with Gasteiger partial charge in [-0.05, 0) is 30.3 Å². The van der Waals surface area contributed by atoms with Crippen molar-refractivity contribution in [3.05, 3.63) is 51.9 Å². The number of nitrogen functional groups attached to an aromatic ring is 1. The number of ether oxygens (including phenoxy) is 1. The molecule has 0 fully saturated rings. The fourth-order valence-corrected chi connectivity index (χ4v) is 1.87. The standard InChI is InChI=1S/C14H12ClN2O4/c1-20-17(19)13-7-10(3-4-12(13)16)21-14-5-2-9(8-18)6-11(14)15/h2-8H,16H2,1H3/q+1. The molecule has 0 amide bonds. The summed E-state index contributed by atoms with van der Waals surface area (Å²) >= 11 is 6.01. The molecular formula is C14H12ClN2O4+. The molecule has 0 heterocycles. The van der Waals surface area contributed by atoms with Gasteiger partial charge in [0, 0.05) is 5.56 Å². The Kier molecular flexibility index (Phi) is 4.39. The molecule has 2 rings (SSSR count). The summed E-state index contributed by atoms with van der Waals surface area (Å²) in [4.78, 5) is 27.0. The number of nitrogens with two attached hydrogens (primary N) is 1. The summed E-state index contributed by atoms with van der Waals surface area (Å²) in [7, 11) is 1.23. The number of aldehydes is 1. The molecular weight excluding hydrogens is 296 g/mol. The number of carbonyl (C=O) groups is 1. The molecule has 0 aliphatic rings. The molecule has 0 bridgehead atoms. The number of benzene rings is 2. The fraction of sp³-hybridized carbons (Fsp3) is 0.0714. The topological polar surface area (TPSA) is 81.6 Å². The molecule has 6 nitrogen and oxygen atoms in total. The van der Waals surface area contributed by atoms with Gasteiger partial charge in [-0.15, -0.1) is 0 Å². The Morgan fingerprint density at radius 1 is 1.24 bits per heavy atom. The van der Waals surface area contributed by atoms with Crippen LogP contribution in [0.5, 0.6) is 11.5 Å². The Morgan fingerprint density at radius 2 is 2.00 bits per heavy atom. The molecule has 108 valence electrons. The first kappa shape index (κ1) is 14.8. The second-order valence-corrected chi connectivity index (χ2v) is 4.48. The average Bonchev–Trinajstić information content (AvgIpc) is 2.50. The number of anilines is 1. The van der Waals surface area contributed by atoms with E-state index in [0.29, 0.717) is 23.3 Å². The summed E-state index contributed by atoms with van der Waals surface area (Å²) in [6, 6.07) is 9.15. The van der Waals surface area contributed by atoms with Crippen molar-refractivity contribution in [3.8, 4) is 11.5 Å². The van der Waals surface area contributed by atoms with Gasteiger partial charge in [-0.3, -0.25) is 4.79 Å². The Labute approximate surface area is 125 Å². The van der Waals surface area contributed by atoms with Gasteiger partial charge < -0.3 is 10.5 Å². The second kappa shape index (κ2) is 6.23. The summed E-state index contributed by atoms with van der Waals surface area (Å²) in [6.45, 7) is 0. The van der Waals surface area contributed by atoms with Crippen LogP contribution in [0.3, 0.4) is 0 Å². The molecule has 0 unspecified atom stereocenters. The molecule has 0 atom stereocenters. The van der Waals surface area contributed by atoms with E-state index in [1.54, 1.807) is 18.2 Å². The van der Waals surface area contributed by atoms with Crippen LogP contribution < -0.4 is 10.5 Å². The molecule has 0 aliphatic carbocycles. The van der Waals surface area contributed by atoms with Crippen molar-refractivity contribution in [1.82, 2.24) is 0 Å². The summed E-state index contributed by atoms with van der Waals surface area (Å²) in [5, 5.41) is 0.281. The zero-order valence-electron chi connectivity index (χ0n) is 11.1. The highest BCUT2D eigenvalue weighted by atomic mass is 35.5. The molecule has 0 saturated carbocycles. The number of nitrogens with zero attached hydrogens (tertiary/aromatic N) is 1. The molecule has 0 saturated heterocycles. The predicted molar refractivity (Wildman–Crippen MR) is 78.1 cm³/mol. The van der Waals surface area contributed by atoms with Crippen molar-refractivity contribution in [1.29, 1.82) is 0 Å². The van der Waals surface area contributed by atoms with E-state index in [9.17, 15) is 9.70 Å². The van der Waals surface area contributed by atoms with Crippen molar-refractivity contribution in [2.75, 3.05) is 12.8 Å². The second-order valence-electron chi connectivity index (χ2n) is 4.07. The van der Waals surface area contributed by atoms with E-state index < -0.39 is 0 Å².